The number of nitrogens with zero attached hydrogens (tertiary/aromatic N) is 10. The van der Waals surface area contributed by atoms with Crippen LogP contribution >= 0.6 is 0 Å². The van der Waals surface area contributed by atoms with Crippen molar-refractivity contribution in [3.63, 3.8) is 0 Å². The van der Waals surface area contributed by atoms with Crippen LogP contribution in [0.4, 0.5) is 0 Å². The van der Waals surface area contributed by atoms with Gasteiger partial charge in [-0.25, -0.2) is 0 Å². The predicted octanol–water partition coefficient (Wildman–Crippen LogP) is -1.98. The largest absolute Gasteiger partial charge is 3.00 e. The summed E-state index contributed by atoms with van der Waals surface area (Å²) in [5, 5.41) is 107. The van der Waals surface area contributed by atoms with Crippen molar-refractivity contribution in [2.24, 2.45) is 20.0 Å². The van der Waals surface area contributed by atoms with Crippen molar-refractivity contribution in [1.29, 1.82) is 0 Å². The van der Waals surface area contributed by atoms with Gasteiger partial charge in [0.1, 0.15) is 23.0 Å². The summed E-state index contributed by atoms with van der Waals surface area (Å²) in [5.41, 5.74) is 4.84. The number of pyridine rings is 2. The van der Waals surface area contributed by atoms with Crippen molar-refractivity contribution in [2.45, 2.75) is 26.2 Å². The monoisotopic (exact) mass is 1570 g/mol. The summed E-state index contributed by atoms with van der Waals surface area (Å²) in [6.45, 7) is 1.31. The molecule has 80 heavy (non-hydrogen) atoms. The Hall–Kier alpha value is -4.29. The van der Waals surface area contributed by atoms with E-state index in [0.717, 1.165) is 22.8 Å². The van der Waals surface area contributed by atoms with Gasteiger partial charge < -0.3 is 101 Å². The molecule has 0 spiro atoms. The van der Waals surface area contributed by atoms with Crippen LogP contribution in [0.3, 0.4) is 0 Å². The second-order valence-electron chi connectivity index (χ2n) is 13.5. The number of aromatic nitrogens is 2. The summed E-state index contributed by atoms with van der Waals surface area (Å²) in [5.74, 6) is 0.349. The summed E-state index contributed by atoms with van der Waals surface area (Å²) in [4.78, 5) is 59.3. The van der Waals surface area contributed by atoms with E-state index in [1.807, 2.05) is 36.4 Å². The molecule has 6 aromatic rings. The molecule has 30 nitrogen and oxygen atoms in total. The molecular formula is C46H42N10O20Rb2Yb2. The quantitative estimate of drug-likeness (QED) is 0.0575. The number of aliphatic imine (C=N–C) groups is 4. The van der Waals surface area contributed by atoms with Crippen LogP contribution in [-0.2, 0) is 26.2 Å². The minimum Gasteiger partial charge on any atom is -0.870 e. The SMILES string of the molecule is COc1cccc(C=NCc2cccc(CN=Cc3cccc(OC)c3[O-])n2)c1[O-].COc1cccc(C=NCc2cccc(CN=Cc3cccc(OC)c3[O-])n2)c1[O-].O=[N+]([O-])[O-].O=[N+]([O-])[O-].O=[N+]([O-])[O-].O=[N+]([O-])[O-].[Rb+].[Rb+].[Yb+3].[Yb+3]. The van der Waals surface area contributed by atoms with E-state index in [4.69, 9.17) is 80.2 Å². The van der Waals surface area contributed by atoms with Gasteiger partial charge in [-0.1, -0.05) is 83.7 Å². The molecule has 2 radical (unpaired) electrons. The van der Waals surface area contributed by atoms with E-state index in [1.54, 1.807) is 72.8 Å². The first-order chi connectivity index (χ1) is 36.2. The molecule has 2 aromatic heterocycles. The number of hydrogen-bond acceptors (Lipinski definition) is 26. The molecule has 6 rings (SSSR count). The molecule has 0 aliphatic heterocycles. The van der Waals surface area contributed by atoms with E-state index in [1.165, 1.54) is 53.3 Å². The van der Waals surface area contributed by atoms with Crippen LogP contribution in [0, 0.1) is 155 Å². The Morgan fingerprint density at radius 3 is 0.688 bits per heavy atom. The van der Waals surface area contributed by atoms with E-state index < -0.39 is 20.3 Å². The predicted molar refractivity (Wildman–Crippen MR) is 265 cm³/mol. The van der Waals surface area contributed by atoms with E-state index >= 15 is 0 Å². The molecule has 426 valence electrons. The second kappa shape index (κ2) is 48.3. The maximum Gasteiger partial charge on any atom is 3.00 e. The van der Waals surface area contributed by atoms with Crippen LogP contribution < -0.4 is 156 Å². The summed E-state index contributed by atoms with van der Waals surface area (Å²) < 4.78 is 20.1. The molecule has 0 aliphatic rings. The van der Waals surface area contributed by atoms with Crippen molar-refractivity contribution in [3.8, 4) is 46.0 Å². The molecule has 0 fully saturated rings. The number of benzene rings is 4. The van der Waals surface area contributed by atoms with Gasteiger partial charge in [0.25, 0.3) is 0 Å². The van der Waals surface area contributed by atoms with Crippen molar-refractivity contribution >= 4 is 24.9 Å². The third kappa shape index (κ3) is 36.2. The Balaban J connectivity index is -0.000000546. The molecule has 0 saturated carbocycles. The molecule has 0 bridgehead atoms. The molecular weight excluding hydrogens is 1530 g/mol. The Kier molecular flexibility index (Phi) is 49.6. The Bertz CT molecular complexity index is 2550. The maximum absolute atomic E-state index is 12.1. The molecule has 0 N–H and O–H groups in total. The van der Waals surface area contributed by atoms with Crippen LogP contribution in [0.1, 0.15) is 45.0 Å². The zero-order valence-electron chi connectivity index (χ0n) is 42.7. The van der Waals surface area contributed by atoms with Crippen LogP contribution in [0.25, 0.3) is 0 Å². The Labute approximate surface area is 629 Å². The van der Waals surface area contributed by atoms with Gasteiger partial charge in [0.2, 0.25) is 0 Å². The molecule has 0 atom stereocenters. The fourth-order valence-electron chi connectivity index (χ4n) is 5.54. The van der Waals surface area contributed by atoms with Crippen LogP contribution in [0.15, 0.2) is 129 Å². The van der Waals surface area contributed by atoms with Crippen molar-refractivity contribution in [2.75, 3.05) is 28.4 Å². The van der Waals surface area contributed by atoms with Crippen LogP contribution in [-0.4, -0.2) is 83.6 Å². The van der Waals surface area contributed by atoms with E-state index in [0.29, 0.717) is 48.4 Å². The molecule has 0 aliphatic carbocycles. The molecule has 2 heterocycles. The smallest absolute Gasteiger partial charge is 0.870 e. The van der Waals surface area contributed by atoms with Gasteiger partial charge in [-0.2, -0.15) is 0 Å². The fourth-order valence-corrected chi connectivity index (χ4v) is 5.54. The zero-order valence-corrected chi connectivity index (χ0v) is 56.0. The fraction of sp³-hybridized carbons (Fsp3) is 0.174. The topological polar surface area (TPSA) is 469 Å². The molecule has 0 unspecified atom stereocenters. The molecule has 0 amide bonds. The van der Waals surface area contributed by atoms with Gasteiger partial charge in [0.15, 0.2) is 0 Å². The third-order valence-electron chi connectivity index (χ3n) is 8.58. The van der Waals surface area contributed by atoms with Gasteiger partial charge in [-0.3, -0.25) is 29.9 Å². The standard InChI is InChI=1S/2C23H23N3O4.4NO3.2Rb.2Yb/c2*1-29-20-10-3-6-16(22(20)27)12-24-14-18-8-5-9-19(26-18)15-25-13-17-7-4-11-21(30-2)23(17)28;4*2-1(3)4;;;;/h2*3-13,27-28H,14-15H2,1-2H3;;;;;;;;/q;;4*-1;2*+1;2*+3/p-4. The second-order valence-corrected chi connectivity index (χ2v) is 13.5. The first-order valence-electron chi connectivity index (χ1n) is 20.7. The molecule has 0 saturated heterocycles. The number of rotatable bonds is 16. The van der Waals surface area contributed by atoms with E-state index in [9.17, 15) is 20.4 Å². The summed E-state index contributed by atoms with van der Waals surface area (Å²) in [6.07, 6.45) is 6.09. The number of methoxy groups -OCH3 is 4. The van der Waals surface area contributed by atoms with Crippen molar-refractivity contribution in [1.82, 2.24) is 9.97 Å². The minimum atomic E-state index is -1.75. The Morgan fingerprint density at radius 1 is 0.362 bits per heavy atom. The zero-order chi connectivity index (χ0) is 57.0. The molecule has 4 aromatic carbocycles. The van der Waals surface area contributed by atoms with Gasteiger partial charge in [-0.05, 0) is 70.8 Å². The Morgan fingerprint density at radius 2 is 0.525 bits per heavy atom. The van der Waals surface area contributed by atoms with Gasteiger partial charge in [0, 0.05) is 24.9 Å². The number of ether oxygens (including phenoxy) is 4. The van der Waals surface area contributed by atoms with Gasteiger partial charge in [0.05, 0.1) is 97.7 Å². The normalized spacial score (nSPS) is 9.65. The third-order valence-corrected chi connectivity index (χ3v) is 8.58. The first kappa shape index (κ1) is 82.2. The number of hydrogen-bond donors (Lipinski definition) is 0. The summed E-state index contributed by atoms with van der Waals surface area (Å²) in [6, 6.07) is 31.4. The van der Waals surface area contributed by atoms with Crippen molar-refractivity contribution < 1.29 is 270 Å². The van der Waals surface area contributed by atoms with Crippen molar-refractivity contribution in [3.05, 3.63) is 216 Å². The maximum atomic E-state index is 12.1. The average molecular weight is 1570 g/mol. The van der Waals surface area contributed by atoms with Gasteiger partial charge >= 0.3 is 210 Å². The van der Waals surface area contributed by atoms with E-state index in [2.05, 4.69) is 29.9 Å². The van der Waals surface area contributed by atoms with E-state index in [-0.39, 0.29) is 256 Å². The minimum absolute atomic E-state index is 0. The van der Waals surface area contributed by atoms with Gasteiger partial charge in [-0.15, -0.1) is 0 Å². The van der Waals surface area contributed by atoms with Crippen LogP contribution in [0.5, 0.6) is 46.0 Å². The summed E-state index contributed by atoms with van der Waals surface area (Å²) >= 11 is 0. The average Bonchev–Trinajstić information content (AvgIpc) is 3.36. The van der Waals surface area contributed by atoms with Crippen LogP contribution in [0.2, 0.25) is 0 Å². The molecule has 34 heteroatoms. The first-order valence-corrected chi connectivity index (χ1v) is 20.7. The summed E-state index contributed by atoms with van der Waals surface area (Å²) in [7, 11) is 5.84. The number of para-hydroxylation sites is 4.